The van der Waals surface area contributed by atoms with E-state index in [0.29, 0.717) is 12.8 Å². The van der Waals surface area contributed by atoms with Crippen LogP contribution in [0.15, 0.2) is 11.3 Å². The summed E-state index contributed by atoms with van der Waals surface area (Å²) in [6.45, 7) is 4.97. The number of hydrogen-bond acceptors (Lipinski definition) is 7. The third-order valence-corrected chi connectivity index (χ3v) is 7.21. The summed E-state index contributed by atoms with van der Waals surface area (Å²) in [5.41, 5.74) is -2.49. The molecule has 3 fully saturated rings. The number of fused-ring (bicyclic) bond motifs is 1. The maximum absolute atomic E-state index is 13.0. The minimum Gasteiger partial charge on any atom is -0.483 e. The number of Topliss-reactive ketones (excluding diaryl/α,β-unsaturated/α-hetero) is 2. The summed E-state index contributed by atoms with van der Waals surface area (Å²) < 4.78 is 11.8. The Labute approximate surface area is 157 Å². The van der Waals surface area contributed by atoms with E-state index in [0.717, 1.165) is 0 Å². The van der Waals surface area contributed by atoms with Crippen molar-refractivity contribution in [3.63, 3.8) is 0 Å². The molecule has 148 valence electrons. The fourth-order valence-electron chi connectivity index (χ4n) is 5.47. The quantitative estimate of drug-likeness (QED) is 0.515. The van der Waals surface area contributed by atoms with Crippen LogP contribution in [0.4, 0.5) is 0 Å². The average molecular weight is 378 g/mol. The van der Waals surface area contributed by atoms with E-state index in [1.165, 1.54) is 0 Å². The van der Waals surface area contributed by atoms with Gasteiger partial charge in [0, 0.05) is 43.1 Å². The largest absolute Gasteiger partial charge is 0.483 e. The number of carbonyl (C=O) groups is 3. The van der Waals surface area contributed by atoms with E-state index in [1.54, 1.807) is 20.8 Å². The van der Waals surface area contributed by atoms with Crippen LogP contribution in [-0.2, 0) is 23.9 Å². The molecule has 7 heteroatoms. The standard InChI is InChI=1S/C20H26O7/c1-9-6-10(2)15(23)14-17-20(27-18(14)25)7-11(8-21)19(3,26-17)16(24)12(20)4-5-13(9)22/h9-12,16,21,24H,4-8H2,1-3H3. The van der Waals surface area contributed by atoms with Crippen LogP contribution in [0, 0.1) is 23.7 Å². The van der Waals surface area contributed by atoms with Crippen molar-refractivity contribution in [2.75, 3.05) is 6.61 Å². The van der Waals surface area contributed by atoms with Crippen molar-refractivity contribution in [3.8, 4) is 0 Å². The molecule has 7 unspecified atom stereocenters. The van der Waals surface area contributed by atoms with Crippen molar-refractivity contribution < 1.29 is 34.1 Å². The molecule has 0 aromatic carbocycles. The van der Waals surface area contributed by atoms with Gasteiger partial charge in [-0.15, -0.1) is 0 Å². The Morgan fingerprint density at radius 1 is 1.15 bits per heavy atom. The lowest BCUT2D eigenvalue weighted by atomic mass is 9.57. The molecule has 7 atom stereocenters. The van der Waals surface area contributed by atoms with Crippen molar-refractivity contribution in [3.05, 3.63) is 11.3 Å². The molecule has 0 aromatic rings. The summed E-state index contributed by atoms with van der Waals surface area (Å²) in [5, 5.41) is 20.9. The van der Waals surface area contributed by atoms with E-state index in [4.69, 9.17) is 9.47 Å². The number of ketones is 2. The number of rotatable bonds is 1. The van der Waals surface area contributed by atoms with Gasteiger partial charge in [-0.2, -0.15) is 0 Å². The number of carbonyl (C=O) groups excluding carboxylic acids is 3. The van der Waals surface area contributed by atoms with E-state index in [2.05, 4.69) is 0 Å². The van der Waals surface area contributed by atoms with Gasteiger partial charge >= 0.3 is 5.97 Å². The second-order valence-electron chi connectivity index (χ2n) is 8.81. The van der Waals surface area contributed by atoms with E-state index >= 15 is 0 Å². The number of esters is 1. The molecule has 0 radical (unpaired) electrons. The van der Waals surface area contributed by atoms with Crippen LogP contribution in [0.2, 0.25) is 0 Å². The first-order valence-electron chi connectivity index (χ1n) is 9.68. The highest BCUT2D eigenvalue weighted by Crippen LogP contribution is 2.61. The molecule has 5 rings (SSSR count). The molecule has 2 aliphatic carbocycles. The summed E-state index contributed by atoms with van der Waals surface area (Å²) in [4.78, 5) is 38.3. The normalized spacial score (nSPS) is 46.9. The average Bonchev–Trinajstić information content (AvgIpc) is 2.89. The molecule has 3 heterocycles. The molecule has 3 aliphatic heterocycles. The zero-order valence-corrected chi connectivity index (χ0v) is 15.9. The Balaban J connectivity index is 1.90. The first-order valence-corrected chi connectivity index (χ1v) is 9.68. The van der Waals surface area contributed by atoms with Gasteiger partial charge in [-0.05, 0) is 19.8 Å². The first-order chi connectivity index (χ1) is 12.7. The fourth-order valence-corrected chi connectivity index (χ4v) is 5.47. The van der Waals surface area contributed by atoms with E-state index in [9.17, 15) is 24.6 Å². The van der Waals surface area contributed by atoms with Crippen LogP contribution in [0.5, 0.6) is 0 Å². The van der Waals surface area contributed by atoms with Gasteiger partial charge in [0.1, 0.15) is 23.1 Å². The lowest BCUT2D eigenvalue weighted by Gasteiger charge is -2.60. The fraction of sp³-hybridized carbons (Fsp3) is 0.750. The van der Waals surface area contributed by atoms with Crippen LogP contribution >= 0.6 is 0 Å². The Kier molecular flexibility index (Phi) is 4.06. The maximum Gasteiger partial charge on any atom is 0.346 e. The Morgan fingerprint density at radius 3 is 2.52 bits per heavy atom. The highest BCUT2D eigenvalue weighted by Gasteiger charge is 2.72. The Hall–Kier alpha value is -1.73. The molecule has 1 saturated carbocycles. The van der Waals surface area contributed by atoms with Crippen LogP contribution in [0.3, 0.4) is 0 Å². The van der Waals surface area contributed by atoms with Gasteiger partial charge in [-0.1, -0.05) is 13.8 Å². The minimum absolute atomic E-state index is 0.0418. The van der Waals surface area contributed by atoms with Gasteiger partial charge in [0.25, 0.3) is 0 Å². The van der Waals surface area contributed by atoms with Crippen molar-refractivity contribution in [1.29, 1.82) is 0 Å². The molecule has 5 bridgehead atoms. The molecule has 1 spiro atoms. The van der Waals surface area contributed by atoms with Gasteiger partial charge in [-0.25, -0.2) is 4.79 Å². The molecule has 27 heavy (non-hydrogen) atoms. The number of aliphatic hydroxyl groups is 2. The second-order valence-corrected chi connectivity index (χ2v) is 8.81. The summed E-state index contributed by atoms with van der Waals surface area (Å²) >= 11 is 0. The molecular weight excluding hydrogens is 352 g/mol. The van der Waals surface area contributed by atoms with Gasteiger partial charge in [0.05, 0.1) is 0 Å². The monoisotopic (exact) mass is 378 g/mol. The number of ether oxygens (including phenoxy) is 2. The van der Waals surface area contributed by atoms with Crippen molar-refractivity contribution in [2.24, 2.45) is 23.7 Å². The maximum atomic E-state index is 13.0. The molecule has 2 N–H and O–H groups in total. The van der Waals surface area contributed by atoms with Crippen molar-refractivity contribution in [1.82, 2.24) is 0 Å². The highest BCUT2D eigenvalue weighted by atomic mass is 16.6. The topological polar surface area (TPSA) is 110 Å². The zero-order chi connectivity index (χ0) is 19.7. The van der Waals surface area contributed by atoms with E-state index in [-0.39, 0.29) is 48.3 Å². The predicted molar refractivity (Wildman–Crippen MR) is 92.2 cm³/mol. The highest BCUT2D eigenvalue weighted by molar-refractivity contribution is 6.20. The first kappa shape index (κ1) is 18.6. The molecule has 2 saturated heterocycles. The van der Waals surface area contributed by atoms with E-state index < -0.39 is 41.0 Å². The summed E-state index contributed by atoms with van der Waals surface area (Å²) in [5.74, 6) is -2.65. The molecule has 5 aliphatic rings. The smallest absolute Gasteiger partial charge is 0.346 e. The lowest BCUT2D eigenvalue weighted by Crippen LogP contribution is -2.70. The van der Waals surface area contributed by atoms with Gasteiger partial charge in [-0.3, -0.25) is 9.59 Å². The predicted octanol–water partition coefficient (Wildman–Crippen LogP) is 0.909. The molecular formula is C20H26O7. The van der Waals surface area contributed by atoms with E-state index in [1.807, 2.05) is 0 Å². The summed E-state index contributed by atoms with van der Waals surface area (Å²) in [6, 6.07) is 0. The van der Waals surface area contributed by atoms with Gasteiger partial charge in [0.15, 0.2) is 17.1 Å². The molecule has 0 aromatic heterocycles. The van der Waals surface area contributed by atoms with Crippen LogP contribution in [0.25, 0.3) is 0 Å². The van der Waals surface area contributed by atoms with Crippen LogP contribution in [0.1, 0.15) is 46.5 Å². The SMILES string of the molecule is CC1CC(C)C(=O)C2=C3OC4(C)C(CO)CC3(OC2=O)C(CCC1=O)C4O. The second kappa shape index (κ2) is 5.88. The number of aliphatic hydroxyl groups excluding tert-OH is 2. The third kappa shape index (κ3) is 2.30. The molecule has 7 nitrogen and oxygen atoms in total. The van der Waals surface area contributed by atoms with Crippen LogP contribution in [-0.4, -0.2) is 51.7 Å². The molecule has 0 amide bonds. The van der Waals surface area contributed by atoms with Crippen molar-refractivity contribution >= 4 is 17.5 Å². The van der Waals surface area contributed by atoms with Crippen molar-refractivity contribution in [2.45, 2.75) is 63.8 Å². The lowest BCUT2D eigenvalue weighted by molar-refractivity contribution is -0.280. The van der Waals surface area contributed by atoms with Crippen LogP contribution < -0.4 is 0 Å². The Bertz CT molecular complexity index is 755. The summed E-state index contributed by atoms with van der Waals surface area (Å²) in [6.07, 6.45) is 0.200. The van der Waals surface area contributed by atoms with Gasteiger partial charge < -0.3 is 19.7 Å². The third-order valence-electron chi connectivity index (χ3n) is 7.21. The summed E-state index contributed by atoms with van der Waals surface area (Å²) in [7, 11) is 0. The Morgan fingerprint density at radius 2 is 1.85 bits per heavy atom. The number of hydrogen-bond donors (Lipinski definition) is 2. The zero-order valence-electron chi connectivity index (χ0n) is 15.9. The minimum atomic E-state index is -1.28. The van der Waals surface area contributed by atoms with Gasteiger partial charge in [0.2, 0.25) is 0 Å².